The van der Waals surface area contributed by atoms with Gasteiger partial charge in [0.05, 0.1) is 17.7 Å². The third-order valence-corrected chi connectivity index (χ3v) is 3.42. The summed E-state index contributed by atoms with van der Waals surface area (Å²) in [5, 5.41) is 5.52. The fourth-order valence-electron chi connectivity index (χ4n) is 1.93. The molecular weight excluding hydrogens is 304 g/mol. The normalized spacial score (nSPS) is 9.95. The predicted octanol–water partition coefficient (Wildman–Crippen LogP) is 3.54. The molecule has 2 aromatic rings. The molecule has 0 fully saturated rings. The van der Waals surface area contributed by atoms with E-state index in [4.69, 9.17) is 11.6 Å². The Balaban J connectivity index is 2.28. The first-order valence-electron chi connectivity index (χ1n) is 6.52. The van der Waals surface area contributed by atoms with Crippen LogP contribution in [0.2, 0.25) is 5.02 Å². The van der Waals surface area contributed by atoms with Gasteiger partial charge in [0.2, 0.25) is 0 Å². The molecule has 114 valence electrons. The zero-order valence-corrected chi connectivity index (χ0v) is 12.9. The number of benzene rings is 2. The molecule has 0 aliphatic heterocycles. The minimum Gasteiger partial charge on any atom is -0.453 e. The number of hydrogen-bond acceptors (Lipinski definition) is 3. The fourth-order valence-corrected chi connectivity index (χ4v) is 2.13. The van der Waals surface area contributed by atoms with E-state index in [-0.39, 0.29) is 5.91 Å². The lowest BCUT2D eigenvalue weighted by molar-refractivity contribution is 0.0963. The van der Waals surface area contributed by atoms with E-state index in [1.807, 2.05) is 18.2 Å². The number of rotatable bonds is 3. The van der Waals surface area contributed by atoms with Crippen molar-refractivity contribution < 1.29 is 14.3 Å². The number of amides is 2. The number of carbonyl (C=O) groups excluding carboxylic acids is 2. The molecule has 0 unspecified atom stereocenters. The SMILES string of the molecule is CNC(=O)c1cc(-c2ccc(NC(=O)OC)cc2)ccc1Cl. The molecule has 0 radical (unpaired) electrons. The molecule has 0 aromatic heterocycles. The van der Waals surface area contributed by atoms with Crippen LogP contribution in [0, 0.1) is 0 Å². The first kappa shape index (κ1) is 15.9. The number of halogens is 1. The molecule has 2 aromatic carbocycles. The third kappa shape index (κ3) is 3.56. The van der Waals surface area contributed by atoms with Crippen molar-refractivity contribution in [2.45, 2.75) is 0 Å². The summed E-state index contributed by atoms with van der Waals surface area (Å²) in [5.41, 5.74) is 2.79. The summed E-state index contributed by atoms with van der Waals surface area (Å²) in [5.74, 6) is -0.240. The average molecular weight is 319 g/mol. The maximum absolute atomic E-state index is 11.8. The number of carbonyl (C=O) groups is 2. The van der Waals surface area contributed by atoms with Crippen LogP contribution >= 0.6 is 11.6 Å². The molecule has 0 aliphatic rings. The Bertz CT molecular complexity index is 699. The predicted molar refractivity (Wildman–Crippen MR) is 86.3 cm³/mol. The van der Waals surface area contributed by atoms with Gasteiger partial charge in [-0.2, -0.15) is 0 Å². The second-order valence-electron chi connectivity index (χ2n) is 4.47. The van der Waals surface area contributed by atoms with Gasteiger partial charge < -0.3 is 10.1 Å². The van der Waals surface area contributed by atoms with E-state index in [2.05, 4.69) is 15.4 Å². The molecule has 2 rings (SSSR count). The highest BCUT2D eigenvalue weighted by molar-refractivity contribution is 6.34. The molecular formula is C16H15ClN2O3. The average Bonchev–Trinajstić information content (AvgIpc) is 2.55. The first-order valence-corrected chi connectivity index (χ1v) is 6.90. The van der Waals surface area contributed by atoms with Gasteiger partial charge in [0.1, 0.15) is 0 Å². The zero-order chi connectivity index (χ0) is 16.1. The van der Waals surface area contributed by atoms with Crippen LogP contribution < -0.4 is 10.6 Å². The highest BCUT2D eigenvalue weighted by atomic mass is 35.5. The van der Waals surface area contributed by atoms with E-state index in [1.54, 1.807) is 31.3 Å². The highest BCUT2D eigenvalue weighted by Crippen LogP contribution is 2.26. The van der Waals surface area contributed by atoms with Crippen LogP contribution in [-0.4, -0.2) is 26.2 Å². The van der Waals surface area contributed by atoms with E-state index >= 15 is 0 Å². The number of anilines is 1. The quantitative estimate of drug-likeness (QED) is 0.909. The minimum absolute atomic E-state index is 0.240. The maximum Gasteiger partial charge on any atom is 0.411 e. The lowest BCUT2D eigenvalue weighted by Gasteiger charge is -2.08. The minimum atomic E-state index is -0.527. The first-order chi connectivity index (χ1) is 10.5. The molecule has 22 heavy (non-hydrogen) atoms. The standard InChI is InChI=1S/C16H15ClN2O3/c1-18-15(20)13-9-11(5-8-14(13)17)10-3-6-12(7-4-10)19-16(21)22-2/h3-9H,1-2H3,(H,18,20)(H,19,21). The maximum atomic E-state index is 11.8. The topological polar surface area (TPSA) is 67.4 Å². The molecule has 2 N–H and O–H groups in total. The molecule has 0 saturated heterocycles. The molecule has 0 spiro atoms. The van der Waals surface area contributed by atoms with Gasteiger partial charge in [0.25, 0.3) is 5.91 Å². The zero-order valence-electron chi connectivity index (χ0n) is 12.1. The van der Waals surface area contributed by atoms with Gasteiger partial charge in [-0.05, 0) is 35.4 Å². The molecule has 0 atom stereocenters. The molecule has 0 aliphatic carbocycles. The van der Waals surface area contributed by atoms with Gasteiger partial charge in [-0.1, -0.05) is 29.8 Å². The van der Waals surface area contributed by atoms with E-state index in [9.17, 15) is 9.59 Å². The van der Waals surface area contributed by atoms with Crippen LogP contribution in [0.4, 0.5) is 10.5 Å². The van der Waals surface area contributed by atoms with Crippen LogP contribution in [-0.2, 0) is 4.74 Å². The highest BCUT2D eigenvalue weighted by Gasteiger charge is 2.10. The van der Waals surface area contributed by atoms with E-state index < -0.39 is 6.09 Å². The summed E-state index contributed by atoms with van der Waals surface area (Å²) >= 11 is 6.03. The van der Waals surface area contributed by atoms with Crippen molar-refractivity contribution in [3.05, 3.63) is 53.1 Å². The number of hydrogen-bond donors (Lipinski definition) is 2. The molecule has 0 heterocycles. The fraction of sp³-hybridized carbons (Fsp3) is 0.125. The van der Waals surface area contributed by atoms with Crippen molar-refractivity contribution in [3.8, 4) is 11.1 Å². The number of ether oxygens (including phenoxy) is 1. The smallest absolute Gasteiger partial charge is 0.411 e. The second kappa shape index (κ2) is 6.95. The van der Waals surface area contributed by atoms with E-state index in [0.29, 0.717) is 16.3 Å². The Morgan fingerprint density at radius 1 is 1.05 bits per heavy atom. The van der Waals surface area contributed by atoms with Crippen molar-refractivity contribution in [1.29, 1.82) is 0 Å². The summed E-state index contributed by atoms with van der Waals surface area (Å²) in [6.45, 7) is 0. The van der Waals surface area contributed by atoms with Gasteiger partial charge in [0.15, 0.2) is 0 Å². The van der Waals surface area contributed by atoms with Crippen molar-refractivity contribution in [2.24, 2.45) is 0 Å². The summed E-state index contributed by atoms with van der Waals surface area (Å²) in [6, 6.07) is 12.4. The Hall–Kier alpha value is -2.53. The lowest BCUT2D eigenvalue weighted by atomic mass is 10.0. The molecule has 0 bridgehead atoms. The van der Waals surface area contributed by atoms with Gasteiger partial charge >= 0.3 is 6.09 Å². The van der Waals surface area contributed by atoms with Gasteiger partial charge in [-0.25, -0.2) is 4.79 Å². The molecule has 6 heteroatoms. The number of nitrogens with one attached hydrogen (secondary N) is 2. The van der Waals surface area contributed by atoms with Gasteiger partial charge in [0, 0.05) is 12.7 Å². The Morgan fingerprint density at radius 3 is 2.27 bits per heavy atom. The van der Waals surface area contributed by atoms with Crippen LogP contribution in [0.3, 0.4) is 0 Å². The molecule has 2 amide bonds. The van der Waals surface area contributed by atoms with Crippen molar-refractivity contribution in [2.75, 3.05) is 19.5 Å². The second-order valence-corrected chi connectivity index (χ2v) is 4.87. The van der Waals surface area contributed by atoms with Crippen LogP contribution in [0.1, 0.15) is 10.4 Å². The largest absolute Gasteiger partial charge is 0.453 e. The summed E-state index contributed by atoms with van der Waals surface area (Å²) in [6.07, 6.45) is -0.527. The Kier molecular flexibility index (Phi) is 5.01. The summed E-state index contributed by atoms with van der Waals surface area (Å²) in [7, 11) is 2.86. The van der Waals surface area contributed by atoms with Crippen molar-refractivity contribution in [1.82, 2.24) is 5.32 Å². The number of methoxy groups -OCH3 is 1. The van der Waals surface area contributed by atoms with Crippen molar-refractivity contribution in [3.63, 3.8) is 0 Å². The summed E-state index contributed by atoms with van der Waals surface area (Å²) in [4.78, 5) is 22.9. The third-order valence-electron chi connectivity index (χ3n) is 3.09. The molecule has 0 saturated carbocycles. The molecule has 5 nitrogen and oxygen atoms in total. The van der Waals surface area contributed by atoms with Crippen LogP contribution in [0.15, 0.2) is 42.5 Å². The van der Waals surface area contributed by atoms with E-state index in [0.717, 1.165) is 11.1 Å². The Morgan fingerprint density at radius 2 is 1.68 bits per heavy atom. The van der Waals surface area contributed by atoms with Crippen molar-refractivity contribution >= 4 is 29.3 Å². The van der Waals surface area contributed by atoms with E-state index in [1.165, 1.54) is 7.11 Å². The van der Waals surface area contributed by atoms with Crippen LogP contribution in [0.25, 0.3) is 11.1 Å². The van der Waals surface area contributed by atoms with Gasteiger partial charge in [-0.15, -0.1) is 0 Å². The van der Waals surface area contributed by atoms with Gasteiger partial charge in [-0.3, -0.25) is 10.1 Å². The Labute approximate surface area is 133 Å². The summed E-state index contributed by atoms with van der Waals surface area (Å²) < 4.78 is 4.53. The van der Waals surface area contributed by atoms with Crippen LogP contribution in [0.5, 0.6) is 0 Å². The lowest BCUT2D eigenvalue weighted by Crippen LogP contribution is -2.18. The monoisotopic (exact) mass is 318 g/mol.